The van der Waals surface area contributed by atoms with Crippen molar-refractivity contribution in [2.45, 2.75) is 13.8 Å². The summed E-state index contributed by atoms with van der Waals surface area (Å²) in [6.07, 6.45) is 0. The van der Waals surface area contributed by atoms with Crippen LogP contribution in [0.5, 0.6) is 0 Å². The van der Waals surface area contributed by atoms with Crippen molar-refractivity contribution in [3.05, 3.63) is 21.7 Å². The molecule has 1 aliphatic rings. The second kappa shape index (κ2) is 4.31. The molecule has 0 atom stereocenters. The van der Waals surface area contributed by atoms with Crippen molar-refractivity contribution in [3.8, 4) is 0 Å². The quantitative estimate of drug-likeness (QED) is 0.817. The first-order valence-corrected chi connectivity index (χ1v) is 7.11. The third kappa shape index (κ3) is 1.69. The first-order valence-electron chi connectivity index (χ1n) is 5.95. The predicted molar refractivity (Wildman–Crippen MR) is 72.6 cm³/mol. The van der Waals surface area contributed by atoms with Crippen LogP contribution in [-0.4, -0.2) is 44.2 Å². The average molecular weight is 265 g/mol. The summed E-state index contributed by atoms with van der Waals surface area (Å²) in [4.78, 5) is 18.6. The molecule has 0 amide bonds. The third-order valence-electron chi connectivity index (χ3n) is 3.31. The van der Waals surface area contributed by atoms with Crippen molar-refractivity contribution < 1.29 is 0 Å². The largest absolute Gasteiger partial charge is 0.350 e. The molecule has 7 heteroatoms. The van der Waals surface area contributed by atoms with Crippen LogP contribution in [0.15, 0.2) is 4.79 Å². The monoisotopic (exact) mass is 265 g/mol. The zero-order valence-electron chi connectivity index (χ0n) is 10.4. The Labute approximate surface area is 108 Å². The highest BCUT2D eigenvalue weighted by atomic mass is 32.2. The van der Waals surface area contributed by atoms with Crippen LogP contribution < -0.4 is 10.6 Å². The lowest BCUT2D eigenvalue weighted by Gasteiger charge is -2.27. The van der Waals surface area contributed by atoms with E-state index in [4.69, 9.17) is 0 Å². The fourth-order valence-corrected chi connectivity index (χ4v) is 3.06. The van der Waals surface area contributed by atoms with Gasteiger partial charge in [-0.05, 0) is 13.8 Å². The van der Waals surface area contributed by atoms with Gasteiger partial charge in [0, 0.05) is 35.9 Å². The van der Waals surface area contributed by atoms with Crippen LogP contribution in [0.25, 0.3) is 5.65 Å². The van der Waals surface area contributed by atoms with E-state index >= 15 is 0 Å². The minimum Gasteiger partial charge on any atom is -0.340 e. The van der Waals surface area contributed by atoms with Crippen LogP contribution in [0, 0.1) is 13.8 Å². The maximum atomic E-state index is 11.9. The number of thioether (sulfide) groups is 1. The number of rotatable bonds is 1. The van der Waals surface area contributed by atoms with E-state index in [1.165, 1.54) is 0 Å². The van der Waals surface area contributed by atoms with Crippen LogP contribution in [0.4, 0.5) is 5.95 Å². The molecule has 1 saturated heterocycles. The number of hydrogen-bond acceptors (Lipinski definition) is 5. The highest BCUT2D eigenvalue weighted by Crippen LogP contribution is 2.20. The summed E-state index contributed by atoms with van der Waals surface area (Å²) < 4.78 is 1.58. The molecule has 1 N–H and O–H groups in total. The second-order valence-corrected chi connectivity index (χ2v) is 5.63. The summed E-state index contributed by atoms with van der Waals surface area (Å²) >= 11 is 1.93. The van der Waals surface area contributed by atoms with Crippen LogP contribution in [0.3, 0.4) is 0 Å². The van der Waals surface area contributed by atoms with Gasteiger partial charge >= 0.3 is 5.69 Å². The molecule has 3 heterocycles. The van der Waals surface area contributed by atoms with Gasteiger partial charge in [-0.3, -0.25) is 0 Å². The maximum Gasteiger partial charge on any atom is 0.350 e. The number of aryl methyl sites for hydroxylation is 2. The molecule has 0 bridgehead atoms. The molecule has 6 nitrogen and oxygen atoms in total. The Hall–Kier alpha value is -1.50. The number of fused-ring (bicyclic) bond motifs is 1. The zero-order chi connectivity index (χ0) is 12.7. The lowest BCUT2D eigenvalue weighted by molar-refractivity contribution is 0.788. The first kappa shape index (κ1) is 11.6. The smallest absolute Gasteiger partial charge is 0.340 e. The van der Waals surface area contributed by atoms with Crippen LogP contribution in [0.1, 0.15) is 11.3 Å². The lowest BCUT2D eigenvalue weighted by Crippen LogP contribution is -2.36. The topological polar surface area (TPSA) is 66.3 Å². The predicted octanol–water partition coefficient (Wildman–Crippen LogP) is 0.588. The molecule has 0 aromatic carbocycles. The highest BCUT2D eigenvalue weighted by Gasteiger charge is 2.19. The van der Waals surface area contributed by atoms with E-state index in [1.807, 2.05) is 25.6 Å². The number of anilines is 1. The Morgan fingerprint density at radius 2 is 2.00 bits per heavy atom. The molecule has 0 saturated carbocycles. The molecule has 3 rings (SSSR count). The van der Waals surface area contributed by atoms with Gasteiger partial charge in [0.1, 0.15) is 0 Å². The number of aromatic nitrogens is 4. The molecular weight excluding hydrogens is 250 g/mol. The number of nitrogens with one attached hydrogen (secondary N) is 1. The summed E-state index contributed by atoms with van der Waals surface area (Å²) in [5, 5.41) is 6.60. The summed E-state index contributed by atoms with van der Waals surface area (Å²) in [5.74, 6) is 2.86. The molecule has 96 valence electrons. The van der Waals surface area contributed by atoms with Crippen LogP contribution >= 0.6 is 11.8 Å². The van der Waals surface area contributed by atoms with Gasteiger partial charge in [-0.25, -0.2) is 19.3 Å². The van der Waals surface area contributed by atoms with E-state index < -0.39 is 0 Å². The zero-order valence-corrected chi connectivity index (χ0v) is 11.3. The van der Waals surface area contributed by atoms with Gasteiger partial charge in [-0.15, -0.1) is 0 Å². The molecule has 1 aliphatic heterocycles. The highest BCUT2D eigenvalue weighted by molar-refractivity contribution is 7.99. The molecule has 0 aliphatic carbocycles. The standard InChI is InChI=1S/C11H15N5OS/c1-7-8(2)12-10(15-3-5-18-6-4-15)16-9(7)13-14-11(16)17/h3-6H2,1-2H3,(H,14,17). The van der Waals surface area contributed by atoms with Gasteiger partial charge in [-0.2, -0.15) is 16.9 Å². The Balaban J connectivity index is 2.24. The van der Waals surface area contributed by atoms with E-state index in [2.05, 4.69) is 20.1 Å². The Kier molecular flexibility index (Phi) is 2.77. The van der Waals surface area contributed by atoms with Crippen molar-refractivity contribution in [2.24, 2.45) is 0 Å². The first-order chi connectivity index (χ1) is 8.68. The van der Waals surface area contributed by atoms with E-state index in [0.717, 1.165) is 35.9 Å². The normalized spacial score (nSPS) is 16.4. The molecule has 1 fully saturated rings. The summed E-state index contributed by atoms with van der Waals surface area (Å²) in [6.45, 7) is 5.74. The number of H-pyrrole nitrogens is 1. The van der Waals surface area contributed by atoms with E-state index in [9.17, 15) is 4.79 Å². The Morgan fingerprint density at radius 3 is 2.72 bits per heavy atom. The van der Waals surface area contributed by atoms with E-state index in [0.29, 0.717) is 11.6 Å². The van der Waals surface area contributed by atoms with Crippen molar-refractivity contribution in [1.82, 2.24) is 19.6 Å². The van der Waals surface area contributed by atoms with Crippen molar-refractivity contribution in [1.29, 1.82) is 0 Å². The molecule has 18 heavy (non-hydrogen) atoms. The third-order valence-corrected chi connectivity index (χ3v) is 4.25. The van der Waals surface area contributed by atoms with Gasteiger partial charge in [0.25, 0.3) is 0 Å². The van der Waals surface area contributed by atoms with Crippen molar-refractivity contribution >= 4 is 23.4 Å². The number of nitrogens with zero attached hydrogens (tertiary/aromatic N) is 4. The molecular formula is C11H15N5OS. The number of hydrogen-bond donors (Lipinski definition) is 1. The van der Waals surface area contributed by atoms with Gasteiger partial charge in [-0.1, -0.05) is 0 Å². The minimum absolute atomic E-state index is 0.214. The van der Waals surface area contributed by atoms with E-state index in [1.54, 1.807) is 4.40 Å². The maximum absolute atomic E-state index is 11.9. The van der Waals surface area contributed by atoms with E-state index in [-0.39, 0.29) is 5.69 Å². The summed E-state index contributed by atoms with van der Waals surface area (Å²) in [7, 11) is 0. The molecule has 0 radical (unpaired) electrons. The van der Waals surface area contributed by atoms with Gasteiger partial charge in [0.2, 0.25) is 5.95 Å². The summed E-state index contributed by atoms with van der Waals surface area (Å²) in [6, 6.07) is 0. The van der Waals surface area contributed by atoms with Gasteiger partial charge < -0.3 is 4.90 Å². The van der Waals surface area contributed by atoms with Gasteiger partial charge in [0.15, 0.2) is 5.65 Å². The molecule has 0 spiro atoms. The molecule has 0 unspecified atom stereocenters. The van der Waals surface area contributed by atoms with Gasteiger partial charge in [0.05, 0.1) is 0 Å². The average Bonchev–Trinajstić information content (AvgIpc) is 2.77. The minimum atomic E-state index is -0.214. The fourth-order valence-electron chi connectivity index (χ4n) is 2.16. The SMILES string of the molecule is Cc1nc(N2CCSCC2)n2c(=O)[nH]nc2c1C. The molecule has 2 aromatic heterocycles. The van der Waals surface area contributed by atoms with Crippen LogP contribution in [-0.2, 0) is 0 Å². The van der Waals surface area contributed by atoms with Crippen LogP contribution in [0.2, 0.25) is 0 Å². The Morgan fingerprint density at radius 1 is 1.28 bits per heavy atom. The summed E-state index contributed by atoms with van der Waals surface area (Å²) in [5.41, 5.74) is 2.34. The number of aromatic amines is 1. The lowest BCUT2D eigenvalue weighted by atomic mass is 10.2. The van der Waals surface area contributed by atoms with Crippen molar-refractivity contribution in [3.63, 3.8) is 0 Å². The fraction of sp³-hybridized carbons (Fsp3) is 0.545. The van der Waals surface area contributed by atoms with Crippen molar-refractivity contribution in [2.75, 3.05) is 29.5 Å². The Bertz CT molecular complexity index is 641. The second-order valence-electron chi connectivity index (χ2n) is 4.41. The molecule has 2 aromatic rings.